The number of nitrogens with two attached hydrogens (primary N) is 1. The molecule has 3 aromatic rings. The predicted molar refractivity (Wildman–Crippen MR) is 98.3 cm³/mol. The number of hydrogen-bond acceptors (Lipinski definition) is 5. The summed E-state index contributed by atoms with van der Waals surface area (Å²) in [6.45, 7) is 0.712. The second kappa shape index (κ2) is 6.79. The largest absolute Gasteiger partial charge is 0.497 e. The highest BCUT2D eigenvalue weighted by Crippen LogP contribution is 2.30. The van der Waals surface area contributed by atoms with Crippen LogP contribution in [0.2, 0.25) is 0 Å². The third-order valence-electron chi connectivity index (χ3n) is 3.71. The number of anilines is 2. The van der Waals surface area contributed by atoms with Crippen LogP contribution in [-0.4, -0.2) is 18.3 Å². The maximum Gasteiger partial charge on any atom is 0.121 e. The van der Waals surface area contributed by atoms with Crippen molar-refractivity contribution in [2.45, 2.75) is 11.4 Å². The Morgan fingerprint density at radius 1 is 1.22 bits per heavy atom. The normalized spacial score (nSPS) is 10.7. The molecule has 0 saturated carbocycles. The van der Waals surface area contributed by atoms with Gasteiger partial charge in [0.05, 0.1) is 30.2 Å². The van der Waals surface area contributed by atoms with Crippen molar-refractivity contribution < 1.29 is 4.74 Å². The molecule has 1 aromatic heterocycles. The average Bonchev–Trinajstić information content (AvgIpc) is 2.60. The van der Waals surface area contributed by atoms with Gasteiger partial charge in [0.25, 0.3) is 0 Å². The molecule has 1 heterocycles. The zero-order valence-corrected chi connectivity index (χ0v) is 14.0. The number of thioether (sulfide) groups is 1. The molecule has 0 saturated heterocycles. The van der Waals surface area contributed by atoms with Crippen molar-refractivity contribution >= 4 is 34.0 Å². The number of nitrogens with one attached hydrogen (secondary N) is 1. The summed E-state index contributed by atoms with van der Waals surface area (Å²) in [7, 11) is 1.65. The van der Waals surface area contributed by atoms with Crippen molar-refractivity contribution in [1.29, 1.82) is 0 Å². The Labute approximate surface area is 140 Å². The van der Waals surface area contributed by atoms with Gasteiger partial charge in [-0.25, -0.2) is 0 Å². The topological polar surface area (TPSA) is 60.2 Å². The van der Waals surface area contributed by atoms with Gasteiger partial charge in [0, 0.05) is 22.9 Å². The van der Waals surface area contributed by atoms with E-state index in [4.69, 9.17) is 10.5 Å². The van der Waals surface area contributed by atoms with Gasteiger partial charge in [-0.1, -0.05) is 12.1 Å². The van der Waals surface area contributed by atoms with Crippen molar-refractivity contribution in [2.24, 2.45) is 0 Å². The number of rotatable bonds is 5. The van der Waals surface area contributed by atoms with Crippen molar-refractivity contribution in [3.8, 4) is 5.75 Å². The second-order valence-electron chi connectivity index (χ2n) is 5.18. The number of ether oxygens (including phenoxy) is 1. The molecule has 5 heteroatoms. The molecule has 3 rings (SSSR count). The van der Waals surface area contributed by atoms with Crippen LogP contribution in [0.1, 0.15) is 5.56 Å². The Morgan fingerprint density at radius 3 is 2.87 bits per heavy atom. The number of aromatic nitrogens is 1. The van der Waals surface area contributed by atoms with Gasteiger partial charge in [-0.05, 0) is 36.1 Å². The van der Waals surface area contributed by atoms with Crippen LogP contribution >= 0.6 is 11.8 Å². The summed E-state index contributed by atoms with van der Waals surface area (Å²) in [5, 5.41) is 4.44. The minimum atomic E-state index is 0.642. The summed E-state index contributed by atoms with van der Waals surface area (Å²) in [5.74, 6) is 0.786. The third-order valence-corrected chi connectivity index (χ3v) is 4.43. The monoisotopic (exact) mass is 325 g/mol. The molecular formula is C18H19N3OS. The van der Waals surface area contributed by atoms with E-state index in [0.717, 1.165) is 22.3 Å². The van der Waals surface area contributed by atoms with Gasteiger partial charge in [0.2, 0.25) is 0 Å². The Morgan fingerprint density at radius 2 is 2.09 bits per heavy atom. The van der Waals surface area contributed by atoms with Gasteiger partial charge in [-0.2, -0.15) is 0 Å². The summed E-state index contributed by atoms with van der Waals surface area (Å²) in [6.07, 6.45) is 3.76. The first-order chi connectivity index (χ1) is 11.2. The number of nitrogens with zero attached hydrogens (tertiary/aromatic N) is 1. The lowest BCUT2D eigenvalue weighted by Gasteiger charge is -2.13. The summed E-state index contributed by atoms with van der Waals surface area (Å²) in [6, 6.07) is 14.3. The highest BCUT2D eigenvalue weighted by atomic mass is 32.2. The quantitative estimate of drug-likeness (QED) is 0.690. The number of hydrogen-bond donors (Lipinski definition) is 2. The molecule has 0 atom stereocenters. The van der Waals surface area contributed by atoms with Crippen LogP contribution < -0.4 is 15.8 Å². The van der Waals surface area contributed by atoms with E-state index in [2.05, 4.69) is 40.8 Å². The molecule has 0 bridgehead atoms. The summed E-state index contributed by atoms with van der Waals surface area (Å²) < 4.78 is 5.25. The Bertz CT molecular complexity index is 836. The van der Waals surface area contributed by atoms with Crippen LogP contribution in [0.4, 0.5) is 11.4 Å². The molecule has 4 nitrogen and oxygen atoms in total. The number of methoxy groups -OCH3 is 1. The van der Waals surface area contributed by atoms with E-state index < -0.39 is 0 Å². The molecule has 0 aliphatic rings. The zero-order valence-electron chi connectivity index (χ0n) is 13.2. The van der Waals surface area contributed by atoms with E-state index in [-0.39, 0.29) is 0 Å². The molecule has 0 aliphatic carbocycles. The van der Waals surface area contributed by atoms with Crippen LogP contribution in [0.5, 0.6) is 5.75 Å². The van der Waals surface area contributed by atoms with Crippen LogP contribution in [-0.2, 0) is 6.54 Å². The molecule has 0 amide bonds. The molecule has 0 fully saturated rings. The van der Waals surface area contributed by atoms with E-state index in [1.165, 1.54) is 10.5 Å². The molecule has 0 radical (unpaired) electrons. The minimum absolute atomic E-state index is 0.642. The highest BCUT2D eigenvalue weighted by molar-refractivity contribution is 7.98. The highest BCUT2D eigenvalue weighted by Gasteiger charge is 2.08. The number of nitrogen functional groups attached to an aromatic ring is 1. The number of benzene rings is 2. The van der Waals surface area contributed by atoms with Crippen molar-refractivity contribution in [1.82, 2.24) is 4.98 Å². The third kappa shape index (κ3) is 3.35. The van der Waals surface area contributed by atoms with Crippen molar-refractivity contribution in [3.63, 3.8) is 0 Å². The van der Waals surface area contributed by atoms with Crippen molar-refractivity contribution in [3.05, 3.63) is 54.2 Å². The van der Waals surface area contributed by atoms with E-state index >= 15 is 0 Å². The van der Waals surface area contributed by atoms with E-state index in [1.807, 2.05) is 18.2 Å². The molecule has 118 valence electrons. The van der Waals surface area contributed by atoms with Gasteiger partial charge in [-0.3, -0.25) is 4.98 Å². The van der Waals surface area contributed by atoms with Gasteiger partial charge in [0.1, 0.15) is 5.75 Å². The lowest BCUT2D eigenvalue weighted by Crippen LogP contribution is -2.04. The summed E-state index contributed by atoms with van der Waals surface area (Å²) in [5.41, 5.74) is 9.75. The maximum absolute atomic E-state index is 6.12. The Hall–Kier alpha value is -2.40. The lowest BCUT2D eigenvalue weighted by molar-refractivity contribution is 0.415. The second-order valence-corrected chi connectivity index (χ2v) is 6.06. The van der Waals surface area contributed by atoms with Crippen LogP contribution in [0, 0.1) is 0 Å². The van der Waals surface area contributed by atoms with Gasteiger partial charge in [-0.15, -0.1) is 11.8 Å². The van der Waals surface area contributed by atoms with Crippen LogP contribution in [0.25, 0.3) is 10.9 Å². The fraction of sp³-hybridized carbons (Fsp3) is 0.167. The van der Waals surface area contributed by atoms with Gasteiger partial charge in [0.15, 0.2) is 0 Å². The smallest absolute Gasteiger partial charge is 0.121 e. The Balaban J connectivity index is 1.91. The predicted octanol–water partition coefficient (Wildman–Crippen LogP) is 4.16. The molecule has 23 heavy (non-hydrogen) atoms. The lowest BCUT2D eigenvalue weighted by atomic mass is 10.1. The first-order valence-corrected chi connectivity index (χ1v) is 8.53. The minimum Gasteiger partial charge on any atom is -0.497 e. The summed E-state index contributed by atoms with van der Waals surface area (Å²) in [4.78, 5) is 5.64. The SMILES string of the molecule is COc1ccc2c(NCc3cccc(SC)c3)c(N)cnc2c1. The van der Waals surface area contributed by atoms with E-state index in [0.29, 0.717) is 12.2 Å². The molecule has 0 aliphatic heterocycles. The average molecular weight is 325 g/mol. The van der Waals surface area contributed by atoms with Gasteiger partial charge < -0.3 is 15.8 Å². The van der Waals surface area contributed by atoms with Gasteiger partial charge >= 0.3 is 0 Å². The number of fused-ring (bicyclic) bond motifs is 1. The van der Waals surface area contributed by atoms with Crippen LogP contribution in [0.15, 0.2) is 53.6 Å². The fourth-order valence-electron chi connectivity index (χ4n) is 2.49. The fourth-order valence-corrected chi connectivity index (χ4v) is 2.97. The van der Waals surface area contributed by atoms with E-state index in [1.54, 1.807) is 25.1 Å². The summed E-state index contributed by atoms with van der Waals surface area (Å²) >= 11 is 1.74. The molecular weight excluding hydrogens is 306 g/mol. The molecule has 3 N–H and O–H groups in total. The van der Waals surface area contributed by atoms with Crippen LogP contribution in [0.3, 0.4) is 0 Å². The van der Waals surface area contributed by atoms with E-state index in [9.17, 15) is 0 Å². The maximum atomic E-state index is 6.12. The molecule has 0 spiro atoms. The Kier molecular flexibility index (Phi) is 4.57. The molecule has 2 aromatic carbocycles. The first-order valence-electron chi connectivity index (χ1n) is 7.30. The first kappa shape index (κ1) is 15.5. The zero-order chi connectivity index (χ0) is 16.2. The van der Waals surface area contributed by atoms with Crippen molar-refractivity contribution in [2.75, 3.05) is 24.4 Å². The number of pyridine rings is 1. The molecule has 0 unspecified atom stereocenters. The standard InChI is InChI=1S/C18H19N3OS/c1-22-13-6-7-15-17(9-13)20-11-16(19)18(15)21-10-12-4-3-5-14(8-12)23-2/h3-9,11H,10,19H2,1-2H3,(H,20,21).